The Morgan fingerprint density at radius 3 is 2.64 bits per heavy atom. The number of imide groups is 1. The van der Waals surface area contributed by atoms with E-state index in [-0.39, 0.29) is 16.0 Å². The molecule has 0 bridgehead atoms. The number of benzene rings is 2. The summed E-state index contributed by atoms with van der Waals surface area (Å²) in [6.07, 6.45) is 5.24. The van der Waals surface area contributed by atoms with E-state index in [9.17, 15) is 9.59 Å². The molecule has 0 unspecified atom stereocenters. The van der Waals surface area contributed by atoms with Crippen molar-refractivity contribution in [3.8, 4) is 5.75 Å². The molecule has 4 nitrogen and oxygen atoms in total. The molecule has 28 heavy (non-hydrogen) atoms. The number of rotatable bonds is 5. The Balaban J connectivity index is 1.64. The maximum absolute atomic E-state index is 12.5. The Kier molecular flexibility index (Phi) is 6.91. The number of hydrogen-bond donors (Lipinski definition) is 0. The van der Waals surface area contributed by atoms with Crippen molar-refractivity contribution in [2.45, 2.75) is 0 Å². The van der Waals surface area contributed by atoms with Gasteiger partial charge in [0.2, 0.25) is 0 Å². The van der Waals surface area contributed by atoms with Crippen LogP contribution in [-0.4, -0.2) is 27.6 Å². The van der Waals surface area contributed by atoms with Gasteiger partial charge in [-0.2, -0.15) is 0 Å². The van der Waals surface area contributed by atoms with Crippen molar-refractivity contribution in [3.05, 3.63) is 81.2 Å². The van der Waals surface area contributed by atoms with Crippen molar-refractivity contribution < 1.29 is 14.3 Å². The lowest BCUT2D eigenvalue weighted by Crippen LogP contribution is -2.38. The molecular weight excluding hydrogens is 437 g/mol. The number of carbonyl (C=O) groups is 2. The zero-order chi connectivity index (χ0) is 20.1. The summed E-state index contributed by atoms with van der Waals surface area (Å²) >= 11 is 18.1. The van der Waals surface area contributed by atoms with E-state index in [1.165, 1.54) is 6.07 Å². The summed E-state index contributed by atoms with van der Waals surface area (Å²) in [5, 5.41) is 0.728. The minimum Gasteiger partial charge on any atom is -0.482 e. The average molecular weight is 450 g/mol. The number of hydrogen-bond acceptors (Lipinski definition) is 5. The van der Waals surface area contributed by atoms with E-state index in [1.54, 1.807) is 24.3 Å². The number of nitrogens with zero attached hydrogens (tertiary/aromatic N) is 1. The van der Waals surface area contributed by atoms with Gasteiger partial charge in [0.05, 0.1) is 9.93 Å². The van der Waals surface area contributed by atoms with Crippen LogP contribution in [0.25, 0.3) is 6.08 Å². The molecule has 0 spiro atoms. The highest BCUT2D eigenvalue weighted by molar-refractivity contribution is 8.26. The molecule has 1 fully saturated rings. The van der Waals surface area contributed by atoms with Gasteiger partial charge in [0.1, 0.15) is 5.75 Å². The van der Waals surface area contributed by atoms with Crippen molar-refractivity contribution in [2.24, 2.45) is 0 Å². The van der Waals surface area contributed by atoms with Crippen molar-refractivity contribution in [2.75, 3.05) is 6.61 Å². The molecule has 1 saturated heterocycles. The molecule has 2 aromatic rings. The Morgan fingerprint density at radius 2 is 1.93 bits per heavy atom. The lowest BCUT2D eigenvalue weighted by molar-refractivity contribution is -0.137. The third-order valence-corrected chi connectivity index (χ3v) is 5.47. The first-order valence-electron chi connectivity index (χ1n) is 8.06. The molecule has 0 saturated carbocycles. The predicted octanol–water partition coefficient (Wildman–Crippen LogP) is 5.36. The van der Waals surface area contributed by atoms with Gasteiger partial charge in [0, 0.05) is 5.02 Å². The second kappa shape index (κ2) is 9.39. The quantitative estimate of drug-likeness (QED) is 0.454. The van der Waals surface area contributed by atoms with E-state index in [2.05, 4.69) is 0 Å². The molecular formula is C20H13Cl2NO3S2. The minimum absolute atomic E-state index is 0.167. The van der Waals surface area contributed by atoms with Crippen LogP contribution in [0, 0.1) is 0 Å². The zero-order valence-corrected chi connectivity index (χ0v) is 17.4. The van der Waals surface area contributed by atoms with Crippen LogP contribution in [0.15, 0.2) is 65.6 Å². The Morgan fingerprint density at radius 1 is 1.18 bits per heavy atom. The molecule has 8 heteroatoms. The van der Waals surface area contributed by atoms with Gasteiger partial charge in [0.15, 0.2) is 10.9 Å². The molecule has 0 aromatic heterocycles. The summed E-state index contributed by atoms with van der Waals surface area (Å²) in [5.41, 5.74) is 0.999. The third kappa shape index (κ3) is 5.02. The molecule has 0 aliphatic carbocycles. The zero-order valence-electron chi connectivity index (χ0n) is 14.3. The van der Waals surface area contributed by atoms with E-state index in [0.717, 1.165) is 22.2 Å². The first-order chi connectivity index (χ1) is 13.5. The fourth-order valence-corrected chi connectivity index (χ4v) is 4.01. The first-order valence-corrected chi connectivity index (χ1v) is 10.0. The second-order valence-corrected chi connectivity index (χ2v) is 8.09. The number of thioether (sulfide) groups is 1. The molecule has 2 amide bonds. The van der Waals surface area contributed by atoms with Crippen molar-refractivity contribution in [1.82, 2.24) is 4.90 Å². The molecule has 1 aliphatic heterocycles. The number of thiocarbonyl (C=S) groups is 1. The number of carbonyl (C=O) groups excluding carboxylic acids is 2. The van der Waals surface area contributed by atoms with Gasteiger partial charge in [-0.1, -0.05) is 89.7 Å². The molecule has 0 radical (unpaired) electrons. The fourth-order valence-electron chi connectivity index (χ4n) is 2.30. The van der Waals surface area contributed by atoms with Gasteiger partial charge in [-0.05, 0) is 29.8 Å². The highest BCUT2D eigenvalue weighted by Crippen LogP contribution is 2.32. The van der Waals surface area contributed by atoms with E-state index in [4.69, 9.17) is 40.2 Å². The van der Waals surface area contributed by atoms with Crippen molar-refractivity contribution in [3.63, 3.8) is 0 Å². The van der Waals surface area contributed by atoms with Crippen LogP contribution in [0.4, 0.5) is 0 Å². The van der Waals surface area contributed by atoms with E-state index in [0.29, 0.717) is 15.7 Å². The fraction of sp³-hybridized carbons (Fsp3) is 0.0500. The molecule has 1 aliphatic rings. The number of amides is 2. The minimum atomic E-state index is -0.566. The standard InChI is InChI=1S/C20H13Cl2NO3S2/c21-14-9-10-16(15(22)11-14)26-12-18(24)23-19(25)17(28-20(23)27)8-4-7-13-5-2-1-3-6-13/h1-11H,12H2/b7-4+,17-8-. The van der Waals surface area contributed by atoms with Crippen LogP contribution < -0.4 is 4.74 Å². The first kappa shape index (κ1) is 20.6. The molecule has 1 heterocycles. The lowest BCUT2D eigenvalue weighted by Gasteiger charge is -2.13. The van der Waals surface area contributed by atoms with E-state index >= 15 is 0 Å². The van der Waals surface area contributed by atoms with Crippen molar-refractivity contribution in [1.29, 1.82) is 0 Å². The van der Waals surface area contributed by atoms with Crippen LogP contribution in [0.2, 0.25) is 10.0 Å². The van der Waals surface area contributed by atoms with Gasteiger partial charge < -0.3 is 4.74 Å². The van der Waals surface area contributed by atoms with E-state index in [1.807, 2.05) is 36.4 Å². The van der Waals surface area contributed by atoms with Crippen LogP contribution in [0.1, 0.15) is 5.56 Å². The predicted molar refractivity (Wildman–Crippen MR) is 118 cm³/mol. The van der Waals surface area contributed by atoms with Gasteiger partial charge in [-0.25, -0.2) is 4.90 Å². The highest BCUT2D eigenvalue weighted by atomic mass is 35.5. The summed E-state index contributed by atoms with van der Waals surface area (Å²) in [6, 6.07) is 14.3. The monoisotopic (exact) mass is 449 g/mol. The molecule has 0 N–H and O–H groups in total. The van der Waals surface area contributed by atoms with Crippen LogP contribution in [0.5, 0.6) is 5.75 Å². The van der Waals surface area contributed by atoms with Gasteiger partial charge in [-0.15, -0.1) is 0 Å². The number of halogens is 2. The normalized spacial score (nSPS) is 15.6. The van der Waals surface area contributed by atoms with Crippen molar-refractivity contribution >= 4 is 69.4 Å². The molecule has 2 aromatic carbocycles. The Labute approximate surface area is 181 Å². The summed E-state index contributed by atoms with van der Waals surface area (Å²) in [4.78, 5) is 26.2. The maximum atomic E-state index is 12.5. The smallest absolute Gasteiger partial charge is 0.273 e. The van der Waals surface area contributed by atoms with Crippen LogP contribution >= 0.6 is 47.2 Å². The lowest BCUT2D eigenvalue weighted by atomic mass is 10.2. The maximum Gasteiger partial charge on any atom is 0.273 e. The third-order valence-electron chi connectivity index (χ3n) is 3.62. The molecule has 0 atom stereocenters. The number of allylic oxidation sites excluding steroid dienone is 2. The topological polar surface area (TPSA) is 46.6 Å². The van der Waals surface area contributed by atoms with Crippen LogP contribution in [0.3, 0.4) is 0 Å². The largest absolute Gasteiger partial charge is 0.482 e. The van der Waals surface area contributed by atoms with E-state index < -0.39 is 11.8 Å². The highest BCUT2D eigenvalue weighted by Gasteiger charge is 2.36. The summed E-state index contributed by atoms with van der Waals surface area (Å²) in [6.45, 7) is -0.374. The average Bonchev–Trinajstić information content (AvgIpc) is 2.95. The van der Waals surface area contributed by atoms with Gasteiger partial charge in [0.25, 0.3) is 11.8 Å². The SMILES string of the molecule is O=C(COc1ccc(Cl)cc1Cl)N1C(=O)/C(=C/C=C/c2ccccc2)SC1=S. The summed E-state index contributed by atoms with van der Waals surface area (Å²) < 4.78 is 5.57. The molecule has 142 valence electrons. The Hall–Kier alpha value is -2.12. The van der Waals surface area contributed by atoms with Gasteiger partial charge >= 0.3 is 0 Å². The Bertz CT molecular complexity index is 990. The number of ether oxygens (including phenoxy) is 1. The second-order valence-electron chi connectivity index (χ2n) is 5.57. The van der Waals surface area contributed by atoms with Crippen LogP contribution in [-0.2, 0) is 9.59 Å². The summed E-state index contributed by atoms with van der Waals surface area (Å²) in [7, 11) is 0. The van der Waals surface area contributed by atoms with Gasteiger partial charge in [-0.3, -0.25) is 9.59 Å². The molecule has 3 rings (SSSR count). The summed E-state index contributed by atoms with van der Waals surface area (Å²) in [5.74, 6) is -0.737.